The van der Waals surface area contributed by atoms with Crippen LogP contribution in [0.15, 0.2) is 30.3 Å². The Morgan fingerprint density at radius 3 is 2.24 bits per heavy atom. The number of hydrogen-bond donors (Lipinski definition) is 1. The van der Waals surface area contributed by atoms with Crippen LogP contribution in [0.2, 0.25) is 0 Å². The summed E-state index contributed by atoms with van der Waals surface area (Å²) in [6.07, 6.45) is 0.131. The Bertz CT molecular complexity index is 332. The number of para-hydroxylation sites is 1. The van der Waals surface area contributed by atoms with Crippen molar-refractivity contribution in [3.05, 3.63) is 30.3 Å². The summed E-state index contributed by atoms with van der Waals surface area (Å²) in [5, 5.41) is 10.9. The maximum Gasteiger partial charge on any atom is 0.221 e. The number of carbonyl (C=O) groups is 1. The van der Waals surface area contributed by atoms with Crippen molar-refractivity contribution in [3.8, 4) is 5.75 Å². The molecule has 5 heteroatoms. The van der Waals surface area contributed by atoms with E-state index in [9.17, 15) is 9.90 Å². The molecule has 0 saturated carbocycles. The molecule has 1 rings (SSSR count). The van der Waals surface area contributed by atoms with Crippen LogP contribution in [0, 0.1) is 0 Å². The molecule has 1 aromatic rings. The van der Waals surface area contributed by atoms with Crippen LogP contribution in [0.25, 0.3) is 0 Å². The molecule has 0 fully saturated rings. The van der Waals surface area contributed by atoms with Gasteiger partial charge in [0.15, 0.2) is 0 Å². The van der Waals surface area contributed by atoms with Gasteiger partial charge < -0.3 is 20.0 Å². The number of halogens is 1. The molecule has 0 saturated heterocycles. The van der Waals surface area contributed by atoms with Crippen LogP contribution in [-0.4, -0.2) is 25.1 Å². The number of nitrogens with two attached hydrogens (primary N) is 1. The first-order chi connectivity index (χ1) is 8.00. The Labute approximate surface area is 107 Å². The van der Waals surface area contributed by atoms with E-state index in [-0.39, 0.29) is 6.42 Å². The first-order valence-corrected chi connectivity index (χ1v) is 5.76. The molecular weight excluding hydrogens is 242 g/mol. The van der Waals surface area contributed by atoms with E-state index in [0.29, 0.717) is 5.75 Å². The van der Waals surface area contributed by atoms with E-state index in [1.807, 2.05) is 19.4 Å². The summed E-state index contributed by atoms with van der Waals surface area (Å²) in [7, 11) is 4.00. The molecule has 96 valence electrons. The summed E-state index contributed by atoms with van der Waals surface area (Å²) in [5.74, 6) is -1.01. The molecule has 0 radical (unpaired) electrons. The van der Waals surface area contributed by atoms with E-state index >= 15 is 0 Å². The van der Waals surface area contributed by atoms with Gasteiger partial charge in [-0.2, -0.15) is 0 Å². The fraction of sp³-hybridized carbons (Fsp3) is 0.417. The normalized spacial score (nSPS) is 12.9. The fourth-order valence-corrected chi connectivity index (χ4v) is 1.02. The number of hydrogen-bond acceptors (Lipinski definition) is 3. The van der Waals surface area contributed by atoms with Gasteiger partial charge in [0.25, 0.3) is 0 Å². The zero-order valence-corrected chi connectivity index (χ0v) is 11.0. The third-order valence-electron chi connectivity index (χ3n) is 1.78. The number of ether oxygens (including phenoxy) is 1. The molecule has 0 amide bonds. The van der Waals surface area contributed by atoms with Crippen molar-refractivity contribution in [1.29, 1.82) is 0 Å². The zero-order chi connectivity index (χ0) is 13.3. The molecule has 17 heavy (non-hydrogen) atoms. The van der Waals surface area contributed by atoms with Gasteiger partial charge in [0.1, 0.15) is 11.7 Å². The van der Waals surface area contributed by atoms with E-state index in [0.717, 1.165) is 0 Å². The van der Waals surface area contributed by atoms with Crippen LogP contribution in [-0.2, 0) is 4.79 Å². The lowest BCUT2D eigenvalue weighted by atomic mass is 10.2. The van der Waals surface area contributed by atoms with Crippen LogP contribution < -0.4 is 15.2 Å². The van der Waals surface area contributed by atoms with Crippen molar-refractivity contribution in [1.82, 2.24) is 0 Å². The van der Waals surface area contributed by atoms with Crippen molar-refractivity contribution in [2.75, 3.05) is 14.1 Å². The minimum atomic E-state index is -1.78. The summed E-state index contributed by atoms with van der Waals surface area (Å²) in [4.78, 5) is 10.7. The van der Waals surface area contributed by atoms with Gasteiger partial charge in [-0.1, -0.05) is 36.7 Å². The van der Waals surface area contributed by atoms with Gasteiger partial charge in [-0.25, -0.2) is 0 Å². The predicted molar refractivity (Wildman–Crippen MR) is 64.7 cm³/mol. The molecule has 0 bridgehead atoms. The highest BCUT2D eigenvalue weighted by Crippen LogP contribution is 2.24. The third kappa shape index (κ3) is 5.56. The van der Waals surface area contributed by atoms with Gasteiger partial charge >= 0.3 is 0 Å². The Balaban J connectivity index is 0.000000770. The molecule has 4 nitrogen and oxygen atoms in total. The van der Waals surface area contributed by atoms with E-state index < -0.39 is 11.0 Å². The van der Waals surface area contributed by atoms with Crippen molar-refractivity contribution in [3.63, 3.8) is 0 Å². The lowest BCUT2D eigenvalue weighted by molar-refractivity contribution is -0.597. The largest absolute Gasteiger partial charge is 0.544 e. The summed E-state index contributed by atoms with van der Waals surface area (Å²) >= 11 is 5.71. The fourth-order valence-electron chi connectivity index (χ4n) is 0.934. The molecular formula is C12H18ClNO3. The summed E-state index contributed by atoms with van der Waals surface area (Å²) in [6, 6.07) is 8.54. The maximum absolute atomic E-state index is 10.7. The van der Waals surface area contributed by atoms with E-state index in [4.69, 9.17) is 16.3 Å². The minimum absolute atomic E-state index is 0.131. The molecule has 1 atom stereocenters. The second-order valence-electron chi connectivity index (χ2n) is 3.36. The van der Waals surface area contributed by atoms with Gasteiger partial charge in [-0.05, 0) is 12.1 Å². The minimum Gasteiger partial charge on any atom is -0.544 e. The standard InChI is InChI=1S/C10H11ClO3.C2H7N/c1-2-10(11,9(12)13)14-8-6-4-3-5-7-8;1-3-2/h3-7H,2H2,1H3,(H,12,13);3H,1-2H3. The summed E-state index contributed by atoms with van der Waals surface area (Å²) in [5.41, 5.74) is 0. The highest BCUT2D eigenvalue weighted by molar-refractivity contribution is 6.32. The van der Waals surface area contributed by atoms with Crippen LogP contribution >= 0.6 is 11.6 Å². The number of quaternary nitrogens is 1. The Hall–Kier alpha value is -1.26. The number of rotatable bonds is 4. The molecule has 0 spiro atoms. The van der Waals surface area contributed by atoms with Crippen molar-refractivity contribution >= 4 is 17.6 Å². The Morgan fingerprint density at radius 1 is 1.41 bits per heavy atom. The van der Waals surface area contributed by atoms with Crippen molar-refractivity contribution in [2.24, 2.45) is 0 Å². The van der Waals surface area contributed by atoms with Crippen LogP contribution in [0.4, 0.5) is 0 Å². The molecule has 1 unspecified atom stereocenters. The number of carbonyl (C=O) groups excluding carboxylic acids is 1. The number of benzene rings is 1. The second-order valence-corrected chi connectivity index (χ2v) is 3.97. The number of aliphatic carboxylic acids is 1. The third-order valence-corrected chi connectivity index (χ3v) is 2.28. The highest BCUT2D eigenvalue weighted by atomic mass is 35.5. The molecule has 0 aliphatic rings. The van der Waals surface area contributed by atoms with Gasteiger partial charge in [-0.15, -0.1) is 0 Å². The molecule has 2 N–H and O–H groups in total. The highest BCUT2D eigenvalue weighted by Gasteiger charge is 2.29. The summed E-state index contributed by atoms with van der Waals surface area (Å²) in [6.45, 7) is 1.62. The second kappa shape index (κ2) is 7.92. The molecule has 0 aliphatic carbocycles. The van der Waals surface area contributed by atoms with Gasteiger partial charge in [0.05, 0.1) is 14.1 Å². The zero-order valence-electron chi connectivity index (χ0n) is 10.3. The van der Waals surface area contributed by atoms with Crippen molar-refractivity contribution in [2.45, 2.75) is 18.4 Å². The van der Waals surface area contributed by atoms with E-state index in [1.165, 1.54) is 0 Å². The van der Waals surface area contributed by atoms with E-state index in [2.05, 4.69) is 0 Å². The van der Waals surface area contributed by atoms with Gasteiger partial charge in [0, 0.05) is 6.42 Å². The summed E-state index contributed by atoms with van der Waals surface area (Å²) < 4.78 is 5.12. The SMILES string of the molecule is CCC(Cl)(Oc1ccccc1)C(=O)[O-].C[NH2+]C. The van der Waals surface area contributed by atoms with Crippen LogP contribution in [0.5, 0.6) is 5.75 Å². The lowest BCUT2D eigenvalue weighted by Gasteiger charge is -2.27. The van der Waals surface area contributed by atoms with Crippen molar-refractivity contribution < 1.29 is 20.0 Å². The smallest absolute Gasteiger partial charge is 0.221 e. The monoisotopic (exact) mass is 259 g/mol. The molecule has 0 aromatic heterocycles. The maximum atomic E-state index is 10.7. The molecule has 0 aliphatic heterocycles. The Morgan fingerprint density at radius 2 is 1.88 bits per heavy atom. The molecule has 1 aromatic carbocycles. The van der Waals surface area contributed by atoms with Crippen LogP contribution in [0.3, 0.4) is 0 Å². The van der Waals surface area contributed by atoms with E-state index in [1.54, 1.807) is 37.3 Å². The molecule has 0 heterocycles. The topological polar surface area (TPSA) is 66.0 Å². The predicted octanol–water partition coefficient (Wildman–Crippen LogP) is -0.0302. The quantitative estimate of drug-likeness (QED) is 0.773. The average Bonchev–Trinajstić information content (AvgIpc) is 2.31. The lowest BCUT2D eigenvalue weighted by Crippen LogP contribution is -2.74. The van der Waals surface area contributed by atoms with Gasteiger partial charge in [0.2, 0.25) is 5.06 Å². The van der Waals surface area contributed by atoms with Crippen LogP contribution in [0.1, 0.15) is 13.3 Å². The first kappa shape index (κ1) is 15.7. The number of alkyl halides is 1. The average molecular weight is 260 g/mol. The Kier molecular flexibility index (Phi) is 7.34. The first-order valence-electron chi connectivity index (χ1n) is 5.38. The number of carboxylic acids is 1. The van der Waals surface area contributed by atoms with Gasteiger partial charge in [-0.3, -0.25) is 0 Å². The number of carboxylic acid groups (broad SMARTS) is 1.